The maximum absolute atomic E-state index is 13.3. The number of carbonyl (C=O) groups excluding carboxylic acids is 1. The molecule has 2 aromatic rings. The maximum atomic E-state index is 13.3. The van der Waals surface area contributed by atoms with Crippen LogP contribution in [0.4, 0.5) is 16.4 Å². The highest BCUT2D eigenvalue weighted by Crippen LogP contribution is 2.40. The van der Waals surface area contributed by atoms with Gasteiger partial charge in [-0.25, -0.2) is 4.99 Å². The second-order valence-electron chi connectivity index (χ2n) is 9.66. The molecule has 0 spiro atoms. The molecule has 1 aromatic carbocycles. The number of fused-ring (bicyclic) bond motifs is 1. The van der Waals surface area contributed by atoms with E-state index in [-0.39, 0.29) is 22.6 Å². The topological polar surface area (TPSA) is 87.8 Å². The van der Waals surface area contributed by atoms with E-state index in [0.717, 1.165) is 80.6 Å². The van der Waals surface area contributed by atoms with Gasteiger partial charge < -0.3 is 10.2 Å². The Morgan fingerprint density at radius 3 is 2.62 bits per heavy atom. The fourth-order valence-corrected chi connectivity index (χ4v) is 6.74. The number of amides is 1. The van der Waals surface area contributed by atoms with Crippen LogP contribution >= 0.6 is 11.3 Å². The van der Waals surface area contributed by atoms with Crippen LogP contribution in [0, 0.1) is 10.1 Å². The average molecular weight is 481 g/mol. The average Bonchev–Trinajstić information content (AvgIpc) is 3.51. The highest BCUT2D eigenvalue weighted by molar-refractivity contribution is 7.16. The first-order valence-corrected chi connectivity index (χ1v) is 13.4. The predicted octanol–water partition coefficient (Wildman–Crippen LogP) is 5.95. The molecular formula is C26H32N4O3S. The molecule has 3 aliphatic rings. The summed E-state index contributed by atoms with van der Waals surface area (Å²) in [6, 6.07) is 5.57. The molecule has 0 unspecified atom stereocenters. The summed E-state index contributed by atoms with van der Waals surface area (Å²) in [4.78, 5) is 32.9. The molecule has 2 heterocycles. The molecule has 34 heavy (non-hydrogen) atoms. The summed E-state index contributed by atoms with van der Waals surface area (Å²) < 4.78 is 0. The highest BCUT2D eigenvalue weighted by Gasteiger charge is 2.27. The molecule has 0 atom stereocenters. The molecule has 1 amide bonds. The van der Waals surface area contributed by atoms with E-state index in [2.05, 4.69) is 10.2 Å². The van der Waals surface area contributed by atoms with Gasteiger partial charge in [0.15, 0.2) is 0 Å². The standard InChI is InChI=1S/C26H32N4O3S/c31-25(28-19-8-2-1-3-9-19)24-20-10-4-5-11-23(20)34-26(24)27-17-18-12-13-21(22(16-18)30(32)33)29-14-6-7-15-29/h12-13,16-17,19H,1-11,14-15H2,(H,28,31). The molecular weight excluding hydrogens is 448 g/mol. The fourth-order valence-electron chi connectivity index (χ4n) is 5.51. The predicted molar refractivity (Wildman–Crippen MR) is 137 cm³/mol. The Hall–Kier alpha value is -2.74. The van der Waals surface area contributed by atoms with Crippen LogP contribution in [-0.2, 0) is 12.8 Å². The summed E-state index contributed by atoms with van der Waals surface area (Å²) in [5.41, 5.74) is 3.36. The van der Waals surface area contributed by atoms with Crippen LogP contribution in [0.2, 0.25) is 0 Å². The number of nitrogens with zero attached hydrogens (tertiary/aromatic N) is 3. The van der Waals surface area contributed by atoms with E-state index < -0.39 is 0 Å². The Morgan fingerprint density at radius 1 is 1.09 bits per heavy atom. The Balaban J connectivity index is 1.43. The Labute approximate surface area is 204 Å². The summed E-state index contributed by atoms with van der Waals surface area (Å²) in [6.45, 7) is 1.71. The first-order chi connectivity index (χ1) is 16.6. The summed E-state index contributed by atoms with van der Waals surface area (Å²) >= 11 is 1.60. The highest BCUT2D eigenvalue weighted by atomic mass is 32.1. The molecule has 2 aliphatic carbocycles. The van der Waals surface area contributed by atoms with Gasteiger partial charge in [-0.1, -0.05) is 25.3 Å². The zero-order chi connectivity index (χ0) is 23.5. The van der Waals surface area contributed by atoms with Crippen molar-refractivity contribution in [1.82, 2.24) is 5.32 Å². The molecule has 1 aliphatic heterocycles. The number of hydrogen-bond donors (Lipinski definition) is 1. The second-order valence-corrected chi connectivity index (χ2v) is 10.7. The van der Waals surface area contributed by atoms with Crippen LogP contribution in [0.25, 0.3) is 0 Å². The van der Waals surface area contributed by atoms with Crippen molar-refractivity contribution in [3.63, 3.8) is 0 Å². The fraction of sp³-hybridized carbons (Fsp3) is 0.538. The first kappa shape index (κ1) is 23.0. The maximum Gasteiger partial charge on any atom is 0.293 e. The van der Waals surface area contributed by atoms with E-state index in [1.807, 2.05) is 12.1 Å². The summed E-state index contributed by atoms with van der Waals surface area (Å²) in [5.74, 6) is -0.00573. The largest absolute Gasteiger partial charge is 0.366 e. The normalized spacial score (nSPS) is 18.9. The lowest BCUT2D eigenvalue weighted by atomic mass is 9.93. The van der Waals surface area contributed by atoms with E-state index in [1.54, 1.807) is 23.6 Å². The molecule has 1 N–H and O–H groups in total. The number of hydrogen-bond acceptors (Lipinski definition) is 6. The van der Waals surface area contributed by atoms with Gasteiger partial charge in [-0.2, -0.15) is 0 Å². The number of nitro groups is 1. The number of thiophene rings is 1. The molecule has 0 radical (unpaired) electrons. The van der Waals surface area contributed by atoms with Crippen LogP contribution in [0.3, 0.4) is 0 Å². The van der Waals surface area contributed by atoms with E-state index in [0.29, 0.717) is 11.3 Å². The molecule has 1 aromatic heterocycles. The monoisotopic (exact) mass is 480 g/mol. The van der Waals surface area contributed by atoms with Crippen LogP contribution in [0.15, 0.2) is 23.2 Å². The van der Waals surface area contributed by atoms with Crippen molar-refractivity contribution in [3.8, 4) is 0 Å². The lowest BCUT2D eigenvalue weighted by molar-refractivity contribution is -0.384. The smallest absolute Gasteiger partial charge is 0.293 e. The van der Waals surface area contributed by atoms with E-state index in [4.69, 9.17) is 4.99 Å². The zero-order valence-electron chi connectivity index (χ0n) is 19.6. The van der Waals surface area contributed by atoms with Gasteiger partial charge in [0, 0.05) is 36.3 Å². The van der Waals surface area contributed by atoms with Gasteiger partial charge in [-0.3, -0.25) is 14.9 Å². The summed E-state index contributed by atoms with van der Waals surface area (Å²) in [6.07, 6.45) is 13.6. The van der Waals surface area contributed by atoms with Gasteiger partial charge in [0.05, 0.1) is 10.5 Å². The number of benzene rings is 1. The third kappa shape index (κ3) is 4.87. The van der Waals surface area contributed by atoms with Gasteiger partial charge >= 0.3 is 0 Å². The Kier molecular flexibility index (Phi) is 6.94. The first-order valence-electron chi connectivity index (χ1n) is 12.6. The number of anilines is 1. The van der Waals surface area contributed by atoms with Crippen molar-refractivity contribution < 1.29 is 9.72 Å². The van der Waals surface area contributed by atoms with E-state index in [1.165, 1.54) is 24.1 Å². The van der Waals surface area contributed by atoms with Crippen LogP contribution in [0.1, 0.15) is 84.1 Å². The quantitative estimate of drug-likeness (QED) is 0.314. The van der Waals surface area contributed by atoms with Crippen LogP contribution in [-0.4, -0.2) is 36.2 Å². The van der Waals surface area contributed by atoms with Gasteiger partial charge in [0.25, 0.3) is 11.6 Å². The number of rotatable bonds is 6. The Morgan fingerprint density at radius 2 is 1.85 bits per heavy atom. The third-order valence-electron chi connectivity index (χ3n) is 7.29. The zero-order valence-corrected chi connectivity index (χ0v) is 20.4. The third-order valence-corrected chi connectivity index (χ3v) is 8.49. The Bertz CT molecular complexity index is 1100. The van der Waals surface area contributed by atoms with Crippen molar-refractivity contribution in [1.29, 1.82) is 0 Å². The molecule has 180 valence electrons. The minimum Gasteiger partial charge on any atom is -0.366 e. The summed E-state index contributed by atoms with van der Waals surface area (Å²) in [5, 5.41) is 15.8. The van der Waals surface area contributed by atoms with E-state index >= 15 is 0 Å². The lowest BCUT2D eigenvalue weighted by Gasteiger charge is -2.23. The van der Waals surface area contributed by atoms with Gasteiger partial charge in [-0.05, 0) is 68.6 Å². The number of nitro benzene ring substituents is 1. The van der Waals surface area contributed by atoms with Crippen molar-refractivity contribution in [2.75, 3.05) is 18.0 Å². The minimum absolute atomic E-state index is 0.00573. The minimum atomic E-state index is -0.308. The molecule has 7 nitrogen and oxygen atoms in total. The number of aryl methyl sites for hydroxylation is 1. The van der Waals surface area contributed by atoms with Crippen molar-refractivity contribution >= 4 is 39.8 Å². The molecule has 5 rings (SSSR count). The van der Waals surface area contributed by atoms with Crippen molar-refractivity contribution in [2.45, 2.75) is 76.7 Å². The number of aliphatic imine (C=N–C) groups is 1. The molecule has 1 saturated carbocycles. The number of nitrogens with one attached hydrogen (secondary N) is 1. The summed E-state index contributed by atoms with van der Waals surface area (Å²) in [7, 11) is 0. The second kappa shape index (κ2) is 10.3. The molecule has 2 fully saturated rings. The van der Waals surface area contributed by atoms with Crippen molar-refractivity contribution in [3.05, 3.63) is 49.9 Å². The van der Waals surface area contributed by atoms with Gasteiger partial charge in [0.1, 0.15) is 10.7 Å². The molecule has 0 bridgehead atoms. The van der Waals surface area contributed by atoms with Gasteiger partial charge in [-0.15, -0.1) is 11.3 Å². The number of carbonyl (C=O) groups is 1. The molecule has 1 saturated heterocycles. The van der Waals surface area contributed by atoms with Crippen LogP contribution < -0.4 is 10.2 Å². The van der Waals surface area contributed by atoms with E-state index in [9.17, 15) is 14.9 Å². The van der Waals surface area contributed by atoms with Crippen LogP contribution in [0.5, 0.6) is 0 Å². The SMILES string of the molecule is O=C(NC1CCCCC1)c1c(N=Cc2ccc(N3CCCC3)c([N+](=O)[O-])c2)sc2c1CCCC2. The molecule has 8 heteroatoms. The van der Waals surface area contributed by atoms with Crippen molar-refractivity contribution in [2.24, 2.45) is 4.99 Å². The lowest BCUT2D eigenvalue weighted by Crippen LogP contribution is -2.36. The van der Waals surface area contributed by atoms with Gasteiger partial charge in [0.2, 0.25) is 0 Å².